The summed E-state index contributed by atoms with van der Waals surface area (Å²) in [6, 6.07) is 18.7. The second kappa shape index (κ2) is 6.00. The number of nitriles is 1. The molecule has 110 valence electrons. The van der Waals surface area contributed by atoms with Crippen LogP contribution in [0.5, 0.6) is 0 Å². The molecule has 22 heavy (non-hydrogen) atoms. The molecule has 2 unspecified atom stereocenters. The Morgan fingerprint density at radius 3 is 2.73 bits per heavy atom. The maximum Gasteiger partial charge on any atom is 0.256 e. The van der Waals surface area contributed by atoms with E-state index in [0.717, 1.165) is 5.56 Å². The van der Waals surface area contributed by atoms with E-state index in [2.05, 4.69) is 6.07 Å². The molecule has 1 amide bonds. The van der Waals surface area contributed by atoms with E-state index in [1.54, 1.807) is 29.2 Å². The number of hydrogen-bond acceptors (Lipinski definition) is 3. The number of carbonyl (C=O) groups is 1. The van der Waals surface area contributed by atoms with Crippen molar-refractivity contribution in [1.29, 1.82) is 5.26 Å². The SMILES string of the molecule is CC1OC(c2ccccc2)CN1C(=O)c1cccc(C#N)c1. The van der Waals surface area contributed by atoms with E-state index < -0.39 is 0 Å². The van der Waals surface area contributed by atoms with Crippen LogP contribution in [0.3, 0.4) is 0 Å². The van der Waals surface area contributed by atoms with Gasteiger partial charge in [0.2, 0.25) is 0 Å². The molecule has 1 saturated heterocycles. The Hall–Kier alpha value is -2.64. The Balaban J connectivity index is 1.80. The number of carbonyl (C=O) groups excluding carboxylic acids is 1. The van der Waals surface area contributed by atoms with Crippen molar-refractivity contribution in [3.63, 3.8) is 0 Å². The van der Waals surface area contributed by atoms with Gasteiger partial charge in [0.1, 0.15) is 12.3 Å². The van der Waals surface area contributed by atoms with E-state index in [1.807, 2.05) is 37.3 Å². The fourth-order valence-corrected chi connectivity index (χ4v) is 2.67. The minimum Gasteiger partial charge on any atom is -0.349 e. The van der Waals surface area contributed by atoms with E-state index in [1.165, 1.54) is 0 Å². The fourth-order valence-electron chi connectivity index (χ4n) is 2.67. The zero-order chi connectivity index (χ0) is 15.5. The van der Waals surface area contributed by atoms with Gasteiger partial charge in [0.05, 0.1) is 18.2 Å². The third kappa shape index (κ3) is 2.72. The molecule has 2 aromatic carbocycles. The van der Waals surface area contributed by atoms with Crippen LogP contribution in [0.1, 0.15) is 34.5 Å². The lowest BCUT2D eigenvalue weighted by Crippen LogP contribution is -2.34. The van der Waals surface area contributed by atoms with Crippen molar-refractivity contribution in [2.24, 2.45) is 0 Å². The average Bonchev–Trinajstić information content (AvgIpc) is 2.97. The van der Waals surface area contributed by atoms with Gasteiger partial charge in [0, 0.05) is 5.56 Å². The zero-order valence-corrected chi connectivity index (χ0v) is 12.3. The monoisotopic (exact) mass is 292 g/mol. The van der Waals surface area contributed by atoms with Crippen molar-refractivity contribution in [3.8, 4) is 6.07 Å². The van der Waals surface area contributed by atoms with Gasteiger partial charge in [-0.2, -0.15) is 5.26 Å². The molecular formula is C18H16N2O2. The van der Waals surface area contributed by atoms with E-state index in [9.17, 15) is 4.79 Å². The molecule has 0 spiro atoms. The lowest BCUT2D eigenvalue weighted by atomic mass is 10.1. The van der Waals surface area contributed by atoms with Crippen molar-refractivity contribution in [2.45, 2.75) is 19.3 Å². The van der Waals surface area contributed by atoms with E-state index >= 15 is 0 Å². The molecule has 2 atom stereocenters. The van der Waals surface area contributed by atoms with Crippen molar-refractivity contribution >= 4 is 5.91 Å². The third-order valence-corrected chi connectivity index (χ3v) is 3.83. The highest BCUT2D eigenvalue weighted by Crippen LogP contribution is 2.29. The predicted molar refractivity (Wildman–Crippen MR) is 81.9 cm³/mol. The lowest BCUT2D eigenvalue weighted by molar-refractivity contribution is 0.0138. The molecule has 1 aliphatic rings. The van der Waals surface area contributed by atoms with Crippen LogP contribution in [-0.2, 0) is 4.74 Å². The number of nitrogens with zero attached hydrogens (tertiary/aromatic N) is 2. The number of amides is 1. The Labute approximate surface area is 129 Å². The van der Waals surface area contributed by atoms with Gasteiger partial charge in [0.15, 0.2) is 0 Å². The predicted octanol–water partition coefficient (Wildman–Crippen LogP) is 3.12. The minimum atomic E-state index is -0.288. The van der Waals surface area contributed by atoms with Crippen molar-refractivity contribution < 1.29 is 9.53 Å². The first kappa shape index (κ1) is 14.3. The van der Waals surface area contributed by atoms with Crippen LogP contribution in [0.25, 0.3) is 0 Å². The van der Waals surface area contributed by atoms with Gasteiger partial charge < -0.3 is 9.64 Å². The normalized spacial score (nSPS) is 20.6. The Morgan fingerprint density at radius 1 is 1.23 bits per heavy atom. The van der Waals surface area contributed by atoms with Gasteiger partial charge >= 0.3 is 0 Å². The van der Waals surface area contributed by atoms with Crippen LogP contribution in [0, 0.1) is 11.3 Å². The van der Waals surface area contributed by atoms with Gasteiger partial charge in [0.25, 0.3) is 5.91 Å². The van der Waals surface area contributed by atoms with Crippen molar-refractivity contribution in [3.05, 3.63) is 71.3 Å². The van der Waals surface area contributed by atoms with Gasteiger partial charge in [-0.3, -0.25) is 4.79 Å². The third-order valence-electron chi connectivity index (χ3n) is 3.83. The quantitative estimate of drug-likeness (QED) is 0.854. The molecule has 1 fully saturated rings. The van der Waals surface area contributed by atoms with Gasteiger partial charge in [-0.05, 0) is 30.7 Å². The highest BCUT2D eigenvalue weighted by Gasteiger charge is 2.34. The molecule has 0 radical (unpaired) electrons. The average molecular weight is 292 g/mol. The number of benzene rings is 2. The standard InChI is InChI=1S/C18H16N2O2/c1-13-20(12-17(22-13)15-7-3-2-4-8-15)18(21)16-9-5-6-14(10-16)11-19/h2-10,13,17H,12H2,1H3. The van der Waals surface area contributed by atoms with E-state index in [-0.39, 0.29) is 18.2 Å². The fraction of sp³-hybridized carbons (Fsp3) is 0.222. The summed E-state index contributed by atoms with van der Waals surface area (Å²) in [5.74, 6) is -0.108. The summed E-state index contributed by atoms with van der Waals surface area (Å²) in [5, 5.41) is 8.95. The topological polar surface area (TPSA) is 53.3 Å². The molecule has 0 N–H and O–H groups in total. The summed E-state index contributed by atoms with van der Waals surface area (Å²) in [6.07, 6.45) is -0.400. The maximum atomic E-state index is 12.6. The van der Waals surface area contributed by atoms with E-state index in [0.29, 0.717) is 17.7 Å². The largest absolute Gasteiger partial charge is 0.349 e. The van der Waals surface area contributed by atoms with Crippen LogP contribution in [0.15, 0.2) is 54.6 Å². The number of ether oxygens (including phenoxy) is 1. The highest BCUT2D eigenvalue weighted by molar-refractivity contribution is 5.94. The minimum absolute atomic E-state index is 0.108. The Morgan fingerprint density at radius 2 is 2.00 bits per heavy atom. The molecule has 1 aliphatic heterocycles. The molecule has 4 heteroatoms. The summed E-state index contributed by atoms with van der Waals surface area (Å²) >= 11 is 0. The molecule has 3 rings (SSSR count). The second-order valence-electron chi connectivity index (χ2n) is 5.28. The number of hydrogen-bond donors (Lipinski definition) is 0. The zero-order valence-electron chi connectivity index (χ0n) is 12.3. The maximum absolute atomic E-state index is 12.6. The van der Waals surface area contributed by atoms with Gasteiger partial charge in [-0.1, -0.05) is 36.4 Å². The summed E-state index contributed by atoms with van der Waals surface area (Å²) < 4.78 is 5.90. The van der Waals surface area contributed by atoms with Crippen molar-refractivity contribution in [2.75, 3.05) is 6.54 Å². The molecule has 0 saturated carbocycles. The Bertz CT molecular complexity index is 721. The van der Waals surface area contributed by atoms with Gasteiger partial charge in [-0.25, -0.2) is 0 Å². The first-order valence-corrected chi connectivity index (χ1v) is 7.20. The smallest absolute Gasteiger partial charge is 0.256 e. The first-order chi connectivity index (χ1) is 10.7. The summed E-state index contributed by atoms with van der Waals surface area (Å²) in [7, 11) is 0. The first-order valence-electron chi connectivity index (χ1n) is 7.20. The van der Waals surface area contributed by atoms with Crippen LogP contribution >= 0.6 is 0 Å². The van der Waals surface area contributed by atoms with Crippen LogP contribution in [-0.4, -0.2) is 23.6 Å². The molecule has 4 nitrogen and oxygen atoms in total. The Kier molecular flexibility index (Phi) is 3.90. The summed E-state index contributed by atoms with van der Waals surface area (Å²) in [5.41, 5.74) is 2.07. The molecule has 1 heterocycles. The van der Waals surface area contributed by atoms with E-state index in [4.69, 9.17) is 10.00 Å². The molecular weight excluding hydrogens is 276 g/mol. The molecule has 0 aliphatic carbocycles. The van der Waals surface area contributed by atoms with Gasteiger partial charge in [-0.15, -0.1) is 0 Å². The lowest BCUT2D eigenvalue weighted by Gasteiger charge is -2.19. The summed E-state index contributed by atoms with van der Waals surface area (Å²) in [4.78, 5) is 14.3. The van der Waals surface area contributed by atoms with Crippen molar-refractivity contribution in [1.82, 2.24) is 4.90 Å². The van der Waals surface area contributed by atoms with Crippen LogP contribution in [0.4, 0.5) is 0 Å². The van der Waals surface area contributed by atoms with Crippen LogP contribution < -0.4 is 0 Å². The highest BCUT2D eigenvalue weighted by atomic mass is 16.5. The number of rotatable bonds is 2. The van der Waals surface area contributed by atoms with Crippen LogP contribution in [0.2, 0.25) is 0 Å². The molecule has 2 aromatic rings. The molecule has 0 bridgehead atoms. The second-order valence-corrected chi connectivity index (χ2v) is 5.28. The molecule has 0 aromatic heterocycles. The summed E-state index contributed by atoms with van der Waals surface area (Å²) in [6.45, 7) is 2.38.